The average Bonchev–Trinajstić information content (AvgIpc) is 3.14. The van der Waals surface area contributed by atoms with Gasteiger partial charge in [0.1, 0.15) is 0 Å². The Balaban J connectivity index is 1.58. The molecule has 0 aromatic heterocycles. The summed E-state index contributed by atoms with van der Waals surface area (Å²) in [5.41, 5.74) is 0. The van der Waals surface area contributed by atoms with Crippen LogP contribution in [0.25, 0.3) is 0 Å². The summed E-state index contributed by atoms with van der Waals surface area (Å²) in [4.78, 5) is 0. The molecule has 0 atom stereocenters. The Morgan fingerprint density at radius 1 is 0.500 bits per heavy atom. The van der Waals surface area contributed by atoms with Crippen LogP contribution in [0.2, 0.25) is 0 Å². The van der Waals surface area contributed by atoms with Crippen LogP contribution in [0, 0.1) is 0 Å². The van der Waals surface area contributed by atoms with E-state index in [2.05, 4.69) is 13.8 Å². The molecule has 2 heterocycles. The van der Waals surface area contributed by atoms with Gasteiger partial charge in [-0.1, -0.05) is 13.8 Å². The van der Waals surface area contributed by atoms with Gasteiger partial charge in [-0.2, -0.15) is 0 Å². The van der Waals surface area contributed by atoms with E-state index in [4.69, 9.17) is 0 Å². The number of likely N-dealkylation sites (tertiary alicyclic amines) is 2. The van der Waals surface area contributed by atoms with Crippen LogP contribution >= 0.6 is 0 Å². The summed E-state index contributed by atoms with van der Waals surface area (Å²) in [6.45, 7) is 16.5. The van der Waals surface area contributed by atoms with Gasteiger partial charge in [0.15, 0.2) is 0 Å². The topological polar surface area (TPSA) is 0 Å². The Morgan fingerprint density at radius 3 is 1.18 bits per heavy atom. The summed E-state index contributed by atoms with van der Waals surface area (Å²) in [6, 6.07) is 0. The second-order valence-corrected chi connectivity index (χ2v) is 8.30. The number of unbranched alkanes of at least 4 members (excludes halogenated alkanes) is 3. The lowest BCUT2D eigenvalue weighted by Crippen LogP contribution is -2.47. The largest absolute Gasteiger partial charge is 0.324 e. The molecule has 0 aliphatic carbocycles. The molecule has 2 heteroatoms. The number of nitrogens with zero attached hydrogens (tertiary/aromatic N) is 2. The molecule has 0 aromatic rings. The molecule has 0 saturated carbocycles. The van der Waals surface area contributed by atoms with Crippen LogP contribution in [0.1, 0.15) is 78.1 Å². The third-order valence-corrected chi connectivity index (χ3v) is 6.44. The summed E-state index contributed by atoms with van der Waals surface area (Å²) < 4.78 is 2.93. The van der Waals surface area contributed by atoms with Crippen molar-refractivity contribution in [2.75, 3.05) is 52.4 Å². The number of quaternary nitrogens is 2. The standard InChI is InChI=1S/C20H42N2/c1-3-13-21(17-9-10-18-21)15-7-5-6-8-16-22(14-4-2)19-11-12-20-22/h3-20H2,1-2H3/q+2. The van der Waals surface area contributed by atoms with Crippen molar-refractivity contribution in [2.45, 2.75) is 78.1 Å². The fourth-order valence-corrected chi connectivity index (χ4v) is 5.33. The van der Waals surface area contributed by atoms with Crippen LogP contribution in [0.15, 0.2) is 0 Å². The number of hydrogen-bond donors (Lipinski definition) is 0. The van der Waals surface area contributed by atoms with Gasteiger partial charge in [0.25, 0.3) is 0 Å². The minimum absolute atomic E-state index is 1.37. The zero-order chi connectivity index (χ0) is 15.7. The van der Waals surface area contributed by atoms with Gasteiger partial charge in [-0.15, -0.1) is 0 Å². The Morgan fingerprint density at radius 2 is 0.864 bits per heavy atom. The van der Waals surface area contributed by atoms with Gasteiger partial charge in [-0.25, -0.2) is 0 Å². The first-order valence-corrected chi connectivity index (χ1v) is 10.4. The molecule has 2 aliphatic heterocycles. The highest BCUT2D eigenvalue weighted by molar-refractivity contribution is 4.58. The average molecular weight is 311 g/mol. The fourth-order valence-electron chi connectivity index (χ4n) is 5.33. The smallest absolute Gasteiger partial charge is 0.0788 e. The second kappa shape index (κ2) is 9.27. The first-order valence-electron chi connectivity index (χ1n) is 10.4. The molecule has 0 N–H and O–H groups in total. The first-order chi connectivity index (χ1) is 10.7. The molecule has 2 nitrogen and oxygen atoms in total. The van der Waals surface area contributed by atoms with Crippen molar-refractivity contribution in [3.63, 3.8) is 0 Å². The van der Waals surface area contributed by atoms with Gasteiger partial charge in [0.05, 0.1) is 52.4 Å². The van der Waals surface area contributed by atoms with Gasteiger partial charge >= 0.3 is 0 Å². The maximum absolute atomic E-state index is 2.37. The zero-order valence-electron chi connectivity index (χ0n) is 15.6. The van der Waals surface area contributed by atoms with E-state index in [1.165, 1.54) is 126 Å². The van der Waals surface area contributed by atoms with E-state index in [1.54, 1.807) is 0 Å². The summed E-state index contributed by atoms with van der Waals surface area (Å²) in [5.74, 6) is 0. The summed E-state index contributed by atoms with van der Waals surface area (Å²) >= 11 is 0. The van der Waals surface area contributed by atoms with Gasteiger partial charge in [-0.05, 0) is 38.5 Å². The van der Waals surface area contributed by atoms with Crippen LogP contribution < -0.4 is 0 Å². The van der Waals surface area contributed by atoms with Crippen molar-refractivity contribution in [1.29, 1.82) is 0 Å². The second-order valence-electron chi connectivity index (χ2n) is 8.30. The van der Waals surface area contributed by atoms with Crippen LogP contribution in [-0.4, -0.2) is 61.3 Å². The number of rotatable bonds is 11. The molecule has 130 valence electrons. The fraction of sp³-hybridized carbons (Fsp3) is 1.00. The molecule has 0 unspecified atom stereocenters. The summed E-state index contributed by atoms with van der Waals surface area (Å²) in [6.07, 6.45) is 14.6. The minimum atomic E-state index is 1.37. The van der Waals surface area contributed by atoms with E-state index in [1.807, 2.05) is 0 Å². The van der Waals surface area contributed by atoms with E-state index in [-0.39, 0.29) is 0 Å². The maximum atomic E-state index is 2.37. The molecule has 0 bridgehead atoms. The predicted molar refractivity (Wildman–Crippen MR) is 97.0 cm³/mol. The van der Waals surface area contributed by atoms with Gasteiger partial charge < -0.3 is 8.97 Å². The molecular weight excluding hydrogens is 268 g/mol. The molecule has 22 heavy (non-hydrogen) atoms. The van der Waals surface area contributed by atoms with E-state index in [0.717, 1.165) is 0 Å². The Labute approximate surface area is 140 Å². The normalized spacial score (nSPS) is 23.2. The molecule has 0 spiro atoms. The molecule has 0 radical (unpaired) electrons. The van der Waals surface area contributed by atoms with Crippen LogP contribution in [0.3, 0.4) is 0 Å². The van der Waals surface area contributed by atoms with Crippen molar-refractivity contribution < 1.29 is 8.97 Å². The highest BCUT2D eigenvalue weighted by atomic mass is 15.4. The third-order valence-electron chi connectivity index (χ3n) is 6.44. The zero-order valence-corrected chi connectivity index (χ0v) is 15.6. The quantitative estimate of drug-likeness (QED) is 0.387. The molecular formula is C20H42N2+2. The first kappa shape index (κ1) is 18.3. The molecule has 2 fully saturated rings. The van der Waals surface area contributed by atoms with E-state index >= 15 is 0 Å². The Hall–Kier alpha value is -0.0800. The maximum Gasteiger partial charge on any atom is 0.0788 e. The highest BCUT2D eigenvalue weighted by Crippen LogP contribution is 2.23. The van der Waals surface area contributed by atoms with Gasteiger partial charge in [0.2, 0.25) is 0 Å². The summed E-state index contributed by atoms with van der Waals surface area (Å²) in [5, 5.41) is 0. The molecule has 0 amide bonds. The molecule has 2 aliphatic rings. The van der Waals surface area contributed by atoms with Crippen LogP contribution in [0.4, 0.5) is 0 Å². The molecule has 2 rings (SSSR count). The van der Waals surface area contributed by atoms with Crippen molar-refractivity contribution in [3.8, 4) is 0 Å². The number of hydrogen-bond acceptors (Lipinski definition) is 0. The Bertz CT molecular complexity index is 258. The predicted octanol–water partition coefficient (Wildman–Crippen LogP) is 4.59. The lowest BCUT2D eigenvalue weighted by Gasteiger charge is -2.35. The molecule has 2 saturated heterocycles. The lowest BCUT2D eigenvalue weighted by molar-refractivity contribution is -0.917. The van der Waals surface area contributed by atoms with Crippen LogP contribution in [-0.2, 0) is 0 Å². The van der Waals surface area contributed by atoms with Crippen LogP contribution in [0.5, 0.6) is 0 Å². The van der Waals surface area contributed by atoms with Crippen molar-refractivity contribution in [2.24, 2.45) is 0 Å². The van der Waals surface area contributed by atoms with E-state index in [9.17, 15) is 0 Å². The third kappa shape index (κ3) is 5.23. The van der Waals surface area contributed by atoms with Crippen molar-refractivity contribution in [3.05, 3.63) is 0 Å². The van der Waals surface area contributed by atoms with Gasteiger partial charge in [0, 0.05) is 25.7 Å². The van der Waals surface area contributed by atoms with Gasteiger partial charge in [-0.3, -0.25) is 0 Å². The monoisotopic (exact) mass is 310 g/mol. The van der Waals surface area contributed by atoms with Crippen molar-refractivity contribution in [1.82, 2.24) is 0 Å². The van der Waals surface area contributed by atoms with Crippen molar-refractivity contribution >= 4 is 0 Å². The summed E-state index contributed by atoms with van der Waals surface area (Å²) in [7, 11) is 0. The van der Waals surface area contributed by atoms with E-state index in [0.29, 0.717) is 0 Å². The molecule has 0 aromatic carbocycles. The SMILES string of the molecule is CCC[N+]1(CCCCCC[N+]2(CCC)CCCC2)CCCC1. The minimum Gasteiger partial charge on any atom is -0.324 e. The highest BCUT2D eigenvalue weighted by Gasteiger charge is 2.31. The lowest BCUT2D eigenvalue weighted by atomic mass is 10.1. The van der Waals surface area contributed by atoms with E-state index < -0.39 is 0 Å². The Kier molecular flexibility index (Phi) is 7.70.